The number of hydrogen-bond donors (Lipinski definition) is 3. The van der Waals surface area contributed by atoms with Crippen LogP contribution >= 0.6 is 0 Å². The van der Waals surface area contributed by atoms with Gasteiger partial charge in [-0.3, -0.25) is 9.59 Å². The molecule has 0 bridgehead atoms. The van der Waals surface area contributed by atoms with Crippen LogP contribution < -0.4 is 10.5 Å². The number of primary amides is 1. The molecule has 0 fully saturated rings. The number of carboxylic acids is 1. The molecule has 0 atom stereocenters. The van der Waals surface area contributed by atoms with E-state index in [2.05, 4.69) is 5.73 Å². The van der Waals surface area contributed by atoms with Gasteiger partial charge >= 0.3 is 12.1 Å². The van der Waals surface area contributed by atoms with E-state index in [1.165, 1.54) is 0 Å². The van der Waals surface area contributed by atoms with Crippen LogP contribution in [0.4, 0.5) is 13.2 Å². The van der Waals surface area contributed by atoms with E-state index in [0.29, 0.717) is 0 Å². The fraction of sp³-hybridized carbons (Fsp3) is 0.667. The molecule has 1 amide bonds. The monoisotopic (exact) mass is 293 g/mol. The van der Waals surface area contributed by atoms with E-state index in [-0.39, 0.29) is 4.31 Å². The van der Waals surface area contributed by atoms with Crippen molar-refractivity contribution in [3.8, 4) is 0 Å². The van der Waals surface area contributed by atoms with Crippen molar-refractivity contribution in [2.24, 2.45) is 5.73 Å². The van der Waals surface area contributed by atoms with Crippen LogP contribution in [0.15, 0.2) is 0 Å². The van der Waals surface area contributed by atoms with Crippen LogP contribution in [-0.4, -0.2) is 55.5 Å². The summed E-state index contributed by atoms with van der Waals surface area (Å²) in [6, 6.07) is 0. The lowest BCUT2D eigenvalue weighted by molar-refractivity contribution is -0.137. The Balaban J connectivity index is 4.85. The average molecular weight is 293 g/mol. The molecule has 0 aliphatic carbocycles. The van der Waals surface area contributed by atoms with E-state index >= 15 is 0 Å². The summed E-state index contributed by atoms with van der Waals surface area (Å²) in [5.41, 5.74) is 4.66. The number of alkyl halides is 3. The first-order valence-electron chi connectivity index (χ1n) is 4.25. The smallest absolute Gasteiger partial charge is 0.402 e. The number of hydrogen-bond acceptors (Lipinski definition) is 4. The molecule has 0 saturated carbocycles. The van der Waals surface area contributed by atoms with Crippen molar-refractivity contribution in [3.05, 3.63) is 0 Å². The normalized spacial score (nSPS) is 12.7. The molecular weight excluding hydrogens is 283 g/mol. The second-order valence-electron chi connectivity index (χ2n) is 3.07. The van der Waals surface area contributed by atoms with E-state index in [1.54, 1.807) is 0 Å². The van der Waals surface area contributed by atoms with E-state index < -0.39 is 47.9 Å². The number of halogens is 3. The highest BCUT2D eigenvalue weighted by Crippen LogP contribution is 2.13. The molecule has 0 aromatic rings. The first-order chi connectivity index (χ1) is 7.94. The summed E-state index contributed by atoms with van der Waals surface area (Å²) >= 11 is 0. The molecule has 106 valence electrons. The summed E-state index contributed by atoms with van der Waals surface area (Å²) in [7, 11) is -4.76. The lowest BCUT2D eigenvalue weighted by Crippen LogP contribution is -2.49. The van der Waals surface area contributed by atoms with E-state index in [4.69, 9.17) is 5.11 Å². The summed E-state index contributed by atoms with van der Waals surface area (Å²) < 4.78 is 59.1. The first kappa shape index (κ1) is 16.6. The minimum absolute atomic E-state index is 0.0105. The molecule has 8 nitrogen and oxygen atoms in total. The Bertz CT molecular complexity index is 405. The van der Waals surface area contributed by atoms with Crippen molar-refractivity contribution in [1.29, 1.82) is 0 Å². The van der Waals surface area contributed by atoms with Crippen molar-refractivity contribution in [2.45, 2.75) is 6.18 Å². The van der Waals surface area contributed by atoms with Crippen molar-refractivity contribution in [2.75, 3.05) is 19.6 Å². The Kier molecular flexibility index (Phi) is 5.51. The maximum Gasteiger partial charge on any atom is 0.402 e. The Morgan fingerprint density at radius 2 is 1.78 bits per heavy atom. The predicted molar refractivity (Wildman–Crippen MR) is 51.4 cm³/mol. The number of aliphatic carboxylic acids is 1. The summed E-state index contributed by atoms with van der Waals surface area (Å²) in [5.74, 6) is -2.85. The molecule has 4 N–H and O–H groups in total. The van der Waals surface area contributed by atoms with Crippen molar-refractivity contribution < 1.29 is 36.3 Å². The number of nitrogens with one attached hydrogen (secondary N) is 1. The maximum atomic E-state index is 11.8. The SMILES string of the molecule is NC(=O)CN(CC(=O)O)S(=O)(=O)NCC(F)(F)F. The standard InChI is InChI=1S/C6H10F3N3O5S/c7-6(8,9)3-11-18(16,17)12(1-4(10)13)2-5(14)15/h11H,1-3H2,(H2,10,13)(H,14,15). The van der Waals surface area contributed by atoms with Gasteiger partial charge in [0, 0.05) is 0 Å². The van der Waals surface area contributed by atoms with Crippen molar-refractivity contribution in [1.82, 2.24) is 9.03 Å². The summed E-state index contributed by atoms with van der Waals surface area (Å²) in [6.07, 6.45) is -4.81. The molecule has 0 aliphatic rings. The second-order valence-corrected chi connectivity index (χ2v) is 4.82. The molecule has 0 aliphatic heterocycles. The second kappa shape index (κ2) is 5.97. The maximum absolute atomic E-state index is 11.8. The first-order valence-corrected chi connectivity index (χ1v) is 5.69. The van der Waals surface area contributed by atoms with Gasteiger partial charge in [-0.2, -0.15) is 30.6 Å². The van der Waals surface area contributed by atoms with Gasteiger partial charge < -0.3 is 10.8 Å². The fourth-order valence-electron chi connectivity index (χ4n) is 0.815. The van der Waals surface area contributed by atoms with E-state index in [1.807, 2.05) is 0 Å². The van der Waals surface area contributed by atoms with Gasteiger partial charge in [-0.1, -0.05) is 0 Å². The van der Waals surface area contributed by atoms with Gasteiger partial charge in [0.1, 0.15) is 13.1 Å². The lowest BCUT2D eigenvalue weighted by atomic mass is 10.5. The zero-order chi connectivity index (χ0) is 14.6. The molecule has 18 heavy (non-hydrogen) atoms. The van der Waals surface area contributed by atoms with Crippen LogP contribution in [0, 0.1) is 0 Å². The van der Waals surface area contributed by atoms with Gasteiger partial charge in [-0.05, 0) is 0 Å². The van der Waals surface area contributed by atoms with Crippen LogP contribution in [-0.2, 0) is 19.8 Å². The lowest BCUT2D eigenvalue weighted by Gasteiger charge is -2.19. The Morgan fingerprint density at radius 3 is 2.11 bits per heavy atom. The zero-order valence-corrected chi connectivity index (χ0v) is 9.58. The Labute approximate surface area is 99.7 Å². The highest BCUT2D eigenvalue weighted by atomic mass is 32.2. The van der Waals surface area contributed by atoms with Crippen LogP contribution in [0.1, 0.15) is 0 Å². The predicted octanol–water partition coefficient (Wildman–Crippen LogP) is -1.74. The number of carboxylic acid groups (broad SMARTS) is 1. The Hall–Kier alpha value is -1.40. The molecule has 0 aromatic heterocycles. The van der Waals surface area contributed by atoms with Crippen molar-refractivity contribution >= 4 is 22.1 Å². The molecular formula is C6H10F3N3O5S. The van der Waals surface area contributed by atoms with Gasteiger partial charge in [-0.15, -0.1) is 0 Å². The van der Waals surface area contributed by atoms with Gasteiger partial charge in [-0.25, -0.2) is 0 Å². The van der Waals surface area contributed by atoms with E-state index in [0.717, 1.165) is 4.72 Å². The van der Waals surface area contributed by atoms with Gasteiger partial charge in [0.05, 0.1) is 6.54 Å². The third-order valence-electron chi connectivity index (χ3n) is 1.44. The molecule has 0 heterocycles. The summed E-state index contributed by atoms with van der Waals surface area (Å²) in [6.45, 7) is -4.11. The molecule has 12 heteroatoms. The number of nitrogens with zero attached hydrogens (tertiary/aromatic N) is 1. The number of carbonyl (C=O) groups is 2. The molecule has 0 spiro atoms. The van der Waals surface area contributed by atoms with Crippen LogP contribution in [0.2, 0.25) is 0 Å². The minimum Gasteiger partial charge on any atom is -0.480 e. The molecule has 0 unspecified atom stereocenters. The summed E-state index contributed by atoms with van der Waals surface area (Å²) in [4.78, 5) is 20.8. The summed E-state index contributed by atoms with van der Waals surface area (Å²) in [5, 5.41) is 8.38. The molecule has 0 rings (SSSR count). The van der Waals surface area contributed by atoms with Gasteiger partial charge in [0.25, 0.3) is 10.2 Å². The number of rotatable bonds is 7. The number of amides is 1. The molecule has 0 aromatic carbocycles. The van der Waals surface area contributed by atoms with Crippen LogP contribution in [0.3, 0.4) is 0 Å². The number of nitrogens with two attached hydrogens (primary N) is 1. The van der Waals surface area contributed by atoms with Gasteiger partial charge in [0.15, 0.2) is 0 Å². The van der Waals surface area contributed by atoms with Gasteiger partial charge in [0.2, 0.25) is 5.91 Å². The average Bonchev–Trinajstić information content (AvgIpc) is 2.11. The topological polar surface area (TPSA) is 130 Å². The highest BCUT2D eigenvalue weighted by Gasteiger charge is 2.33. The number of carbonyl (C=O) groups excluding carboxylic acids is 1. The Morgan fingerprint density at radius 1 is 1.28 bits per heavy atom. The highest BCUT2D eigenvalue weighted by molar-refractivity contribution is 7.87. The fourth-order valence-corrected chi connectivity index (χ4v) is 1.92. The minimum atomic E-state index is -4.81. The quantitative estimate of drug-likeness (QED) is 0.513. The molecule has 0 saturated heterocycles. The van der Waals surface area contributed by atoms with Crippen LogP contribution in [0.5, 0.6) is 0 Å². The van der Waals surface area contributed by atoms with Crippen molar-refractivity contribution in [3.63, 3.8) is 0 Å². The molecule has 0 radical (unpaired) electrons. The van der Waals surface area contributed by atoms with Crippen LogP contribution in [0.25, 0.3) is 0 Å². The third-order valence-corrected chi connectivity index (χ3v) is 2.89. The third kappa shape index (κ3) is 7.03. The largest absolute Gasteiger partial charge is 0.480 e. The van der Waals surface area contributed by atoms with E-state index in [9.17, 15) is 31.2 Å². The zero-order valence-electron chi connectivity index (χ0n) is 8.77.